The number of carbonyl (C=O) groups is 1. The molecular weight excluding hydrogens is 250 g/mol. The number of rotatable bonds is 6. The molecule has 19 heavy (non-hydrogen) atoms. The third kappa shape index (κ3) is 3.52. The van der Waals surface area contributed by atoms with Crippen LogP contribution in [-0.4, -0.2) is 11.1 Å². The quantitative estimate of drug-likeness (QED) is 0.794. The fraction of sp³-hybridized carbons (Fsp3) is 0.533. The third-order valence-corrected chi connectivity index (χ3v) is 3.65. The van der Waals surface area contributed by atoms with Crippen LogP contribution in [0.25, 0.3) is 0 Å². The lowest BCUT2D eigenvalue weighted by Crippen LogP contribution is -2.14. The van der Waals surface area contributed by atoms with Gasteiger partial charge in [-0.3, -0.25) is 4.79 Å². The Hall–Kier alpha value is -1.45. The number of halogens is 2. The number of hydrogen-bond acceptors (Lipinski definition) is 1. The van der Waals surface area contributed by atoms with Crippen LogP contribution >= 0.6 is 0 Å². The van der Waals surface area contributed by atoms with Gasteiger partial charge >= 0.3 is 5.97 Å². The van der Waals surface area contributed by atoms with E-state index in [-0.39, 0.29) is 24.8 Å². The summed E-state index contributed by atoms with van der Waals surface area (Å²) in [6.07, 6.45) is 3.13. The molecule has 0 saturated carbocycles. The number of carboxylic acid groups (broad SMARTS) is 1. The molecule has 2 rings (SSSR count). The van der Waals surface area contributed by atoms with Gasteiger partial charge in [0.1, 0.15) is 0 Å². The average Bonchev–Trinajstić information content (AvgIpc) is 2.81. The van der Waals surface area contributed by atoms with Crippen LogP contribution in [0.1, 0.15) is 48.8 Å². The van der Waals surface area contributed by atoms with Crippen molar-refractivity contribution in [2.45, 2.75) is 50.9 Å². The average molecular weight is 268 g/mol. The van der Waals surface area contributed by atoms with Gasteiger partial charge in [-0.05, 0) is 49.3 Å². The molecule has 0 aliphatic heterocycles. The van der Waals surface area contributed by atoms with Crippen LogP contribution in [0.3, 0.4) is 0 Å². The minimum atomic E-state index is -2.85. The molecule has 1 aliphatic carbocycles. The minimum Gasteiger partial charge on any atom is -0.481 e. The molecular formula is C15H18F2O2. The number of aryl methyl sites for hydroxylation is 2. The molecule has 0 heterocycles. The highest BCUT2D eigenvalue weighted by molar-refractivity contribution is 5.66. The van der Waals surface area contributed by atoms with E-state index in [4.69, 9.17) is 5.11 Å². The van der Waals surface area contributed by atoms with Crippen LogP contribution in [0, 0.1) is 0 Å². The maximum atomic E-state index is 14.0. The minimum absolute atomic E-state index is 0.0414. The molecule has 104 valence electrons. The zero-order chi connectivity index (χ0) is 13.9. The SMILES string of the molecule is O=C(O)CCCCC(F)(F)c1ccc2c(c1)CCC2. The van der Waals surface area contributed by atoms with Crippen molar-refractivity contribution in [2.24, 2.45) is 0 Å². The first kappa shape index (κ1) is 14.0. The van der Waals surface area contributed by atoms with Crippen LogP contribution < -0.4 is 0 Å². The van der Waals surface area contributed by atoms with Crippen LogP contribution in [0.15, 0.2) is 18.2 Å². The predicted octanol–water partition coefficient (Wildman–Crippen LogP) is 3.91. The summed E-state index contributed by atoms with van der Waals surface area (Å²) in [6, 6.07) is 4.95. The van der Waals surface area contributed by atoms with Crippen LogP contribution in [-0.2, 0) is 23.6 Å². The molecule has 1 N–H and O–H groups in total. The van der Waals surface area contributed by atoms with Gasteiger partial charge in [-0.1, -0.05) is 12.1 Å². The molecule has 1 aromatic carbocycles. The fourth-order valence-corrected chi connectivity index (χ4v) is 2.57. The Morgan fingerprint density at radius 3 is 2.68 bits per heavy atom. The first-order valence-corrected chi connectivity index (χ1v) is 6.71. The summed E-state index contributed by atoms with van der Waals surface area (Å²) in [6.45, 7) is 0. The second-order valence-electron chi connectivity index (χ2n) is 5.14. The van der Waals surface area contributed by atoms with Crippen molar-refractivity contribution in [1.29, 1.82) is 0 Å². The first-order chi connectivity index (χ1) is 8.99. The molecule has 4 heteroatoms. The molecule has 2 nitrogen and oxygen atoms in total. The molecule has 0 unspecified atom stereocenters. The Morgan fingerprint density at radius 2 is 1.95 bits per heavy atom. The summed E-state index contributed by atoms with van der Waals surface area (Å²) >= 11 is 0. The molecule has 0 atom stereocenters. The van der Waals surface area contributed by atoms with Crippen molar-refractivity contribution in [2.75, 3.05) is 0 Å². The number of alkyl halides is 2. The van der Waals surface area contributed by atoms with Crippen molar-refractivity contribution >= 4 is 5.97 Å². The standard InChI is InChI=1S/C15H18F2O2/c16-15(17,9-2-1-6-14(18)19)13-8-7-11-4-3-5-12(11)10-13/h7-8,10H,1-6,9H2,(H,18,19). The fourth-order valence-electron chi connectivity index (χ4n) is 2.57. The Kier molecular flexibility index (Phi) is 4.17. The van der Waals surface area contributed by atoms with Gasteiger partial charge in [0.05, 0.1) is 0 Å². The van der Waals surface area contributed by atoms with Crippen molar-refractivity contribution in [3.8, 4) is 0 Å². The van der Waals surface area contributed by atoms with E-state index in [1.165, 1.54) is 11.6 Å². The van der Waals surface area contributed by atoms with Crippen LogP contribution in [0.4, 0.5) is 8.78 Å². The number of fused-ring (bicyclic) bond motifs is 1. The zero-order valence-electron chi connectivity index (χ0n) is 10.8. The molecule has 0 saturated heterocycles. The molecule has 0 bridgehead atoms. The topological polar surface area (TPSA) is 37.3 Å². The highest BCUT2D eigenvalue weighted by Crippen LogP contribution is 2.36. The van der Waals surface area contributed by atoms with Crippen molar-refractivity contribution in [1.82, 2.24) is 0 Å². The zero-order valence-corrected chi connectivity index (χ0v) is 10.8. The van der Waals surface area contributed by atoms with Crippen molar-refractivity contribution < 1.29 is 18.7 Å². The van der Waals surface area contributed by atoms with Crippen LogP contribution in [0.5, 0.6) is 0 Å². The summed E-state index contributed by atoms with van der Waals surface area (Å²) in [4.78, 5) is 10.3. The lowest BCUT2D eigenvalue weighted by atomic mass is 9.98. The second kappa shape index (κ2) is 5.68. The molecule has 1 aromatic rings. The lowest BCUT2D eigenvalue weighted by molar-refractivity contribution is -0.137. The van der Waals surface area contributed by atoms with E-state index < -0.39 is 11.9 Å². The summed E-state index contributed by atoms with van der Waals surface area (Å²) in [5.41, 5.74) is 2.30. The van der Waals surface area contributed by atoms with E-state index in [0.717, 1.165) is 24.8 Å². The number of hydrogen-bond donors (Lipinski definition) is 1. The van der Waals surface area contributed by atoms with E-state index in [0.29, 0.717) is 6.42 Å². The van der Waals surface area contributed by atoms with E-state index in [1.807, 2.05) is 6.07 Å². The lowest BCUT2D eigenvalue weighted by Gasteiger charge is -2.17. The van der Waals surface area contributed by atoms with Gasteiger partial charge in [-0.2, -0.15) is 0 Å². The molecule has 0 amide bonds. The Bertz CT molecular complexity index is 469. The largest absolute Gasteiger partial charge is 0.481 e. The first-order valence-electron chi connectivity index (χ1n) is 6.71. The maximum absolute atomic E-state index is 14.0. The molecule has 0 aromatic heterocycles. The van der Waals surface area contributed by atoms with Crippen LogP contribution in [0.2, 0.25) is 0 Å². The van der Waals surface area contributed by atoms with Crippen molar-refractivity contribution in [3.63, 3.8) is 0 Å². The highest BCUT2D eigenvalue weighted by Gasteiger charge is 2.31. The number of benzene rings is 1. The monoisotopic (exact) mass is 268 g/mol. The van der Waals surface area contributed by atoms with Gasteiger partial charge in [0, 0.05) is 18.4 Å². The smallest absolute Gasteiger partial charge is 0.303 e. The van der Waals surface area contributed by atoms with E-state index in [9.17, 15) is 13.6 Å². The van der Waals surface area contributed by atoms with E-state index in [2.05, 4.69) is 0 Å². The molecule has 0 fully saturated rings. The van der Waals surface area contributed by atoms with Gasteiger partial charge in [-0.25, -0.2) is 8.78 Å². The van der Waals surface area contributed by atoms with Gasteiger partial charge in [-0.15, -0.1) is 0 Å². The Morgan fingerprint density at radius 1 is 1.21 bits per heavy atom. The van der Waals surface area contributed by atoms with E-state index in [1.54, 1.807) is 6.07 Å². The molecule has 0 spiro atoms. The number of carboxylic acids is 1. The Balaban J connectivity index is 1.96. The maximum Gasteiger partial charge on any atom is 0.303 e. The number of unbranched alkanes of at least 4 members (excludes halogenated alkanes) is 1. The Labute approximate surface area is 111 Å². The second-order valence-corrected chi connectivity index (χ2v) is 5.14. The summed E-state index contributed by atoms with van der Waals surface area (Å²) < 4.78 is 28.0. The van der Waals surface area contributed by atoms with Crippen molar-refractivity contribution in [3.05, 3.63) is 34.9 Å². The normalized spacial score (nSPS) is 14.4. The van der Waals surface area contributed by atoms with Gasteiger partial charge < -0.3 is 5.11 Å². The van der Waals surface area contributed by atoms with Gasteiger partial charge in [0.15, 0.2) is 0 Å². The number of aliphatic carboxylic acids is 1. The third-order valence-electron chi connectivity index (χ3n) is 3.65. The summed E-state index contributed by atoms with van der Waals surface area (Å²) in [5.74, 6) is -3.78. The predicted molar refractivity (Wildman–Crippen MR) is 68.5 cm³/mol. The molecule has 1 aliphatic rings. The van der Waals surface area contributed by atoms with Gasteiger partial charge in [0.25, 0.3) is 5.92 Å². The molecule has 0 radical (unpaired) electrons. The summed E-state index contributed by atoms with van der Waals surface area (Å²) in [7, 11) is 0. The van der Waals surface area contributed by atoms with Gasteiger partial charge in [0.2, 0.25) is 0 Å². The summed E-state index contributed by atoms with van der Waals surface area (Å²) in [5, 5.41) is 8.48. The highest BCUT2D eigenvalue weighted by atomic mass is 19.3. The van der Waals surface area contributed by atoms with E-state index >= 15 is 0 Å².